The molecule has 1 aromatic heterocycles. The van der Waals surface area contributed by atoms with Gasteiger partial charge in [-0.1, -0.05) is 6.92 Å². The number of aromatic nitrogens is 1. The van der Waals surface area contributed by atoms with Crippen molar-refractivity contribution < 1.29 is 9.21 Å². The Balaban J connectivity index is 2.08. The average Bonchev–Trinajstić information content (AvgIpc) is 2.68. The number of hydrogen-bond acceptors (Lipinski definition) is 4. The first kappa shape index (κ1) is 10.8. The number of H-pyrrole nitrogens is 1. The van der Waals surface area contributed by atoms with Gasteiger partial charge in [0, 0.05) is 17.9 Å². The van der Waals surface area contributed by atoms with E-state index in [2.05, 4.69) is 15.5 Å². The second-order valence-corrected chi connectivity index (χ2v) is 4.36. The zero-order chi connectivity index (χ0) is 12.7. The van der Waals surface area contributed by atoms with Crippen molar-refractivity contribution in [3.05, 3.63) is 34.3 Å². The SMILES string of the molecule is CC1CC(=O)NN=C1c1ccc2oc(=O)[nH]c2c1. The molecule has 1 aliphatic heterocycles. The molecule has 0 saturated heterocycles. The molecule has 6 nitrogen and oxygen atoms in total. The lowest BCUT2D eigenvalue weighted by molar-refractivity contribution is -0.121. The number of oxazole rings is 1. The molecule has 1 atom stereocenters. The number of carbonyl (C=O) groups excluding carboxylic acids is 1. The predicted molar refractivity (Wildman–Crippen MR) is 65.3 cm³/mol. The molecule has 0 spiro atoms. The maximum absolute atomic E-state index is 11.2. The van der Waals surface area contributed by atoms with Crippen molar-refractivity contribution in [3.8, 4) is 0 Å². The lowest BCUT2D eigenvalue weighted by atomic mass is 9.94. The molecule has 92 valence electrons. The van der Waals surface area contributed by atoms with Gasteiger partial charge in [-0.15, -0.1) is 0 Å². The third-order valence-corrected chi connectivity index (χ3v) is 2.97. The van der Waals surface area contributed by atoms with Crippen LogP contribution in [0.15, 0.2) is 32.5 Å². The Labute approximate surface area is 102 Å². The van der Waals surface area contributed by atoms with E-state index >= 15 is 0 Å². The van der Waals surface area contributed by atoms with E-state index in [9.17, 15) is 9.59 Å². The quantitative estimate of drug-likeness (QED) is 0.785. The summed E-state index contributed by atoms with van der Waals surface area (Å²) in [5, 5.41) is 4.07. The van der Waals surface area contributed by atoms with Crippen LogP contribution in [0.2, 0.25) is 0 Å². The molecule has 6 heteroatoms. The maximum Gasteiger partial charge on any atom is 0.417 e. The highest BCUT2D eigenvalue weighted by atomic mass is 16.4. The molecule has 0 saturated carbocycles. The zero-order valence-electron chi connectivity index (χ0n) is 9.69. The summed E-state index contributed by atoms with van der Waals surface area (Å²) in [7, 11) is 0. The van der Waals surface area contributed by atoms with E-state index in [1.807, 2.05) is 13.0 Å². The van der Waals surface area contributed by atoms with Gasteiger partial charge in [-0.3, -0.25) is 9.78 Å². The fraction of sp³-hybridized carbons (Fsp3) is 0.250. The molecule has 3 rings (SSSR count). The molecule has 1 aromatic carbocycles. The fourth-order valence-electron chi connectivity index (χ4n) is 2.11. The highest BCUT2D eigenvalue weighted by Crippen LogP contribution is 2.19. The van der Waals surface area contributed by atoms with Crippen molar-refractivity contribution in [3.63, 3.8) is 0 Å². The molecule has 18 heavy (non-hydrogen) atoms. The summed E-state index contributed by atoms with van der Waals surface area (Å²) in [6.45, 7) is 1.94. The second-order valence-electron chi connectivity index (χ2n) is 4.36. The van der Waals surface area contributed by atoms with E-state index in [1.54, 1.807) is 12.1 Å². The summed E-state index contributed by atoms with van der Waals surface area (Å²) < 4.78 is 4.93. The largest absolute Gasteiger partial charge is 0.417 e. The van der Waals surface area contributed by atoms with Crippen LogP contribution in [0.25, 0.3) is 11.1 Å². The van der Waals surface area contributed by atoms with Crippen LogP contribution in [0.4, 0.5) is 0 Å². The summed E-state index contributed by atoms with van der Waals surface area (Å²) in [6, 6.07) is 5.34. The van der Waals surface area contributed by atoms with Crippen molar-refractivity contribution >= 4 is 22.7 Å². The Morgan fingerprint density at radius 3 is 3.00 bits per heavy atom. The number of rotatable bonds is 1. The highest BCUT2D eigenvalue weighted by molar-refractivity contribution is 6.07. The average molecular weight is 245 g/mol. The summed E-state index contributed by atoms with van der Waals surface area (Å²) >= 11 is 0. The molecule has 0 radical (unpaired) electrons. The molecule has 1 amide bonds. The van der Waals surface area contributed by atoms with Gasteiger partial charge in [-0.2, -0.15) is 5.10 Å². The van der Waals surface area contributed by atoms with E-state index in [1.165, 1.54) is 0 Å². The monoisotopic (exact) mass is 245 g/mol. The smallest absolute Gasteiger partial charge is 0.408 e. The molecular weight excluding hydrogens is 234 g/mol. The molecule has 2 N–H and O–H groups in total. The third-order valence-electron chi connectivity index (χ3n) is 2.97. The van der Waals surface area contributed by atoms with Crippen LogP contribution in [-0.4, -0.2) is 16.6 Å². The molecule has 0 bridgehead atoms. The minimum absolute atomic E-state index is 0.0508. The molecule has 1 aliphatic rings. The Morgan fingerprint density at radius 2 is 2.22 bits per heavy atom. The summed E-state index contributed by atoms with van der Waals surface area (Å²) in [6.07, 6.45) is 0.415. The van der Waals surface area contributed by atoms with Crippen molar-refractivity contribution in [2.75, 3.05) is 0 Å². The minimum Gasteiger partial charge on any atom is -0.408 e. The van der Waals surface area contributed by atoms with Gasteiger partial charge in [-0.05, 0) is 18.2 Å². The number of aromatic amines is 1. The van der Waals surface area contributed by atoms with Crippen molar-refractivity contribution in [2.45, 2.75) is 13.3 Å². The summed E-state index contributed by atoms with van der Waals surface area (Å²) in [5.74, 6) is -0.507. The third kappa shape index (κ3) is 1.71. The van der Waals surface area contributed by atoms with Crippen molar-refractivity contribution in [1.29, 1.82) is 0 Å². The Morgan fingerprint density at radius 1 is 1.39 bits per heavy atom. The van der Waals surface area contributed by atoms with Gasteiger partial charge in [0.15, 0.2) is 5.58 Å². The van der Waals surface area contributed by atoms with Gasteiger partial charge < -0.3 is 4.42 Å². The summed E-state index contributed by atoms with van der Waals surface area (Å²) in [5.41, 5.74) is 5.28. The van der Waals surface area contributed by atoms with E-state index in [4.69, 9.17) is 4.42 Å². The number of amides is 1. The molecule has 1 unspecified atom stereocenters. The van der Waals surface area contributed by atoms with Crippen molar-refractivity contribution in [1.82, 2.24) is 10.4 Å². The molecule has 0 fully saturated rings. The number of benzene rings is 1. The number of fused-ring (bicyclic) bond motifs is 1. The number of nitrogens with one attached hydrogen (secondary N) is 2. The van der Waals surface area contributed by atoms with E-state index in [0.717, 1.165) is 11.3 Å². The lowest BCUT2D eigenvalue weighted by Crippen LogP contribution is -2.31. The summed E-state index contributed by atoms with van der Waals surface area (Å²) in [4.78, 5) is 24.9. The molecule has 0 aliphatic carbocycles. The topological polar surface area (TPSA) is 87.5 Å². The number of nitrogens with zero attached hydrogens (tertiary/aromatic N) is 1. The van der Waals surface area contributed by atoms with Crippen molar-refractivity contribution in [2.24, 2.45) is 11.0 Å². The van der Waals surface area contributed by atoms with Gasteiger partial charge in [0.05, 0.1) is 11.2 Å². The Bertz CT molecular complexity index is 711. The fourth-order valence-corrected chi connectivity index (χ4v) is 2.11. The van der Waals surface area contributed by atoms with Gasteiger partial charge in [0.1, 0.15) is 0 Å². The first-order valence-electron chi connectivity index (χ1n) is 5.63. The second kappa shape index (κ2) is 3.83. The lowest BCUT2D eigenvalue weighted by Gasteiger charge is -2.18. The maximum atomic E-state index is 11.2. The zero-order valence-corrected chi connectivity index (χ0v) is 9.69. The first-order valence-corrected chi connectivity index (χ1v) is 5.63. The van der Waals surface area contributed by atoms with Crippen LogP contribution in [0.3, 0.4) is 0 Å². The van der Waals surface area contributed by atoms with Crippen LogP contribution in [0.5, 0.6) is 0 Å². The molecule has 2 heterocycles. The Kier molecular flexibility index (Phi) is 2.29. The van der Waals surface area contributed by atoms with Gasteiger partial charge in [0.2, 0.25) is 5.91 Å². The van der Waals surface area contributed by atoms with E-state index in [0.29, 0.717) is 17.5 Å². The van der Waals surface area contributed by atoms with Gasteiger partial charge in [-0.25, -0.2) is 10.2 Å². The first-order chi connectivity index (χ1) is 8.63. The van der Waals surface area contributed by atoms with Crippen LogP contribution < -0.4 is 11.2 Å². The number of hydrogen-bond donors (Lipinski definition) is 2. The standard InChI is InChI=1S/C12H11N3O3/c1-6-4-10(16)14-15-11(6)7-2-3-9-8(5-7)13-12(17)18-9/h2-3,5-6H,4H2,1H3,(H,13,17)(H,14,16). The van der Waals surface area contributed by atoms with Gasteiger partial charge >= 0.3 is 5.76 Å². The van der Waals surface area contributed by atoms with Crippen LogP contribution in [0, 0.1) is 5.92 Å². The van der Waals surface area contributed by atoms with Crippen LogP contribution in [-0.2, 0) is 4.79 Å². The minimum atomic E-state index is -0.478. The van der Waals surface area contributed by atoms with Gasteiger partial charge in [0.25, 0.3) is 0 Å². The number of hydrazone groups is 1. The normalized spacial score (nSPS) is 19.7. The van der Waals surface area contributed by atoms with E-state index in [-0.39, 0.29) is 11.8 Å². The highest BCUT2D eigenvalue weighted by Gasteiger charge is 2.21. The predicted octanol–water partition coefficient (Wildman–Crippen LogP) is 0.981. The molecular formula is C12H11N3O3. The Hall–Kier alpha value is -2.37. The number of carbonyl (C=O) groups is 1. The molecule has 2 aromatic rings. The van der Waals surface area contributed by atoms with Crippen LogP contribution >= 0.6 is 0 Å². The van der Waals surface area contributed by atoms with Crippen LogP contribution in [0.1, 0.15) is 18.9 Å². The van der Waals surface area contributed by atoms with E-state index < -0.39 is 5.76 Å².